The first-order valence-electron chi connectivity index (χ1n) is 10.1. The van der Waals surface area contributed by atoms with Crippen molar-refractivity contribution in [2.75, 3.05) is 24.2 Å². The molecule has 0 saturated carbocycles. The summed E-state index contributed by atoms with van der Waals surface area (Å²) in [4.78, 5) is -0.105. The highest BCUT2D eigenvalue weighted by atomic mass is 35.5. The lowest BCUT2D eigenvalue weighted by atomic mass is 10.1. The van der Waals surface area contributed by atoms with Gasteiger partial charge in [-0.05, 0) is 53.9 Å². The van der Waals surface area contributed by atoms with Crippen LogP contribution in [-0.4, -0.2) is 32.1 Å². The van der Waals surface area contributed by atoms with E-state index >= 15 is 0 Å². The lowest BCUT2D eigenvalue weighted by molar-refractivity contribution is 0.318. The van der Waals surface area contributed by atoms with Gasteiger partial charge in [-0.2, -0.15) is 0 Å². The molecular weight excluding hydrogens is 484 g/mol. The molecule has 1 unspecified atom stereocenters. The Morgan fingerprint density at radius 1 is 1.03 bits per heavy atom. The summed E-state index contributed by atoms with van der Waals surface area (Å²) in [6.07, 6.45) is 1.11. The van der Waals surface area contributed by atoms with Gasteiger partial charge in [0.2, 0.25) is 10.0 Å². The molecule has 10 heteroatoms. The van der Waals surface area contributed by atoms with Gasteiger partial charge in [-0.25, -0.2) is 17.8 Å². The molecule has 3 rings (SSSR count). The van der Waals surface area contributed by atoms with E-state index in [1.165, 1.54) is 12.1 Å². The maximum absolute atomic E-state index is 12.6. The van der Waals surface area contributed by atoms with Crippen LogP contribution in [0.25, 0.3) is 0 Å². The molecule has 0 bridgehead atoms. The monoisotopic (exact) mass is 508 g/mol. The second-order valence-corrected chi connectivity index (χ2v) is 10.4. The normalized spacial score (nSPS) is 12.2. The van der Waals surface area contributed by atoms with E-state index in [0.717, 1.165) is 16.9 Å². The van der Waals surface area contributed by atoms with E-state index in [0.29, 0.717) is 30.2 Å². The number of anilines is 1. The third kappa shape index (κ3) is 7.46. The van der Waals surface area contributed by atoms with E-state index < -0.39 is 21.0 Å². The van der Waals surface area contributed by atoms with Crippen LogP contribution in [0.3, 0.4) is 0 Å². The Morgan fingerprint density at radius 2 is 1.82 bits per heavy atom. The van der Waals surface area contributed by atoms with Crippen LogP contribution in [-0.2, 0) is 33.9 Å². The van der Waals surface area contributed by atoms with E-state index in [1.807, 2.05) is 30.3 Å². The van der Waals surface area contributed by atoms with Gasteiger partial charge in [-0.3, -0.25) is 0 Å². The van der Waals surface area contributed by atoms with Crippen molar-refractivity contribution < 1.29 is 22.1 Å². The molecule has 1 atom stereocenters. The average molecular weight is 509 g/mol. The topological polar surface area (TPSA) is 108 Å². The van der Waals surface area contributed by atoms with Crippen LogP contribution in [0.15, 0.2) is 71.6 Å². The molecule has 3 N–H and O–H groups in total. The van der Waals surface area contributed by atoms with Gasteiger partial charge in [0.1, 0.15) is 27.4 Å². The first kappa shape index (κ1) is 25.0. The molecular formula is C23H25ClN2O5S2. The third-order valence-corrected chi connectivity index (χ3v) is 7.01. The number of ether oxygens (including phenoxy) is 2. The number of aryl methyl sites for hydroxylation is 1. The number of methoxy groups -OCH3 is 1. The van der Waals surface area contributed by atoms with Crippen molar-refractivity contribution in [2.24, 2.45) is 5.14 Å². The maximum atomic E-state index is 12.6. The van der Waals surface area contributed by atoms with Crippen molar-refractivity contribution in [3.8, 4) is 11.5 Å². The van der Waals surface area contributed by atoms with Crippen molar-refractivity contribution in [2.45, 2.75) is 17.7 Å². The van der Waals surface area contributed by atoms with E-state index in [9.17, 15) is 12.6 Å². The number of hydrogen-bond acceptors (Lipinski definition) is 5. The minimum Gasteiger partial charge on any atom is -0.497 e. The first-order chi connectivity index (χ1) is 15.8. The van der Waals surface area contributed by atoms with Crippen molar-refractivity contribution in [3.05, 3.63) is 82.9 Å². The number of hydrogen-bond donors (Lipinski definition) is 2. The first-order valence-corrected chi connectivity index (χ1v) is 13.3. The van der Waals surface area contributed by atoms with Crippen molar-refractivity contribution in [1.82, 2.24) is 0 Å². The Hall–Kier alpha value is -2.59. The molecule has 33 heavy (non-hydrogen) atoms. The fourth-order valence-electron chi connectivity index (χ4n) is 3.15. The quantitative estimate of drug-likeness (QED) is 0.408. The lowest BCUT2D eigenvalue weighted by Gasteiger charge is -2.13. The van der Waals surface area contributed by atoms with Gasteiger partial charge in [-0.1, -0.05) is 41.9 Å². The molecule has 7 nitrogen and oxygen atoms in total. The third-order valence-electron chi connectivity index (χ3n) is 4.79. The number of nitrogens with one attached hydrogen (secondary N) is 1. The number of rotatable bonds is 11. The van der Waals surface area contributed by atoms with E-state index in [2.05, 4.69) is 4.72 Å². The van der Waals surface area contributed by atoms with Gasteiger partial charge in [0.15, 0.2) is 0 Å². The molecule has 176 valence electrons. The number of primary sulfonamides is 1. The summed E-state index contributed by atoms with van der Waals surface area (Å²) >= 11 is 6.14. The molecule has 0 aliphatic carbocycles. The molecule has 0 spiro atoms. The average Bonchev–Trinajstić information content (AvgIpc) is 2.78. The van der Waals surface area contributed by atoms with Gasteiger partial charge in [0.05, 0.1) is 19.4 Å². The van der Waals surface area contributed by atoms with Crippen LogP contribution in [0.2, 0.25) is 5.02 Å². The zero-order valence-corrected chi connectivity index (χ0v) is 20.4. The highest BCUT2D eigenvalue weighted by Crippen LogP contribution is 2.25. The van der Waals surface area contributed by atoms with Gasteiger partial charge < -0.3 is 14.2 Å². The Balaban J connectivity index is 1.62. The summed E-state index contributed by atoms with van der Waals surface area (Å²) in [6.45, 7) is 0.434. The summed E-state index contributed by atoms with van der Waals surface area (Å²) in [5.41, 5.74) is 2.13. The highest BCUT2D eigenvalue weighted by molar-refractivity contribution is 7.89. The predicted molar refractivity (Wildman–Crippen MR) is 132 cm³/mol. The van der Waals surface area contributed by atoms with Crippen LogP contribution < -0.4 is 19.3 Å². The van der Waals surface area contributed by atoms with Crippen molar-refractivity contribution in [3.63, 3.8) is 0 Å². The Morgan fingerprint density at radius 3 is 2.58 bits per heavy atom. The number of benzene rings is 3. The van der Waals surface area contributed by atoms with Crippen LogP contribution >= 0.6 is 11.6 Å². The van der Waals surface area contributed by atoms with Crippen molar-refractivity contribution in [1.29, 1.82) is 0 Å². The maximum Gasteiger partial charge on any atom is 0.240 e. The molecule has 0 aliphatic heterocycles. The smallest absolute Gasteiger partial charge is 0.240 e. The summed E-state index contributed by atoms with van der Waals surface area (Å²) < 4.78 is 50.0. The summed E-state index contributed by atoms with van der Waals surface area (Å²) in [7, 11) is -3.85. The zero-order valence-electron chi connectivity index (χ0n) is 18.0. The highest BCUT2D eigenvalue weighted by Gasteiger charge is 2.15. The molecule has 0 heterocycles. The second-order valence-electron chi connectivity index (χ2n) is 7.14. The predicted octanol–water partition coefficient (Wildman–Crippen LogP) is 3.94. The number of halogens is 1. The lowest BCUT2D eigenvalue weighted by Crippen LogP contribution is -2.17. The van der Waals surface area contributed by atoms with Crippen molar-refractivity contribution >= 4 is 38.3 Å². The standard InChI is InChI=1S/C23H25ClN2O5S2/c1-30-20-6-4-5-17(15-20)11-13-31-22-16-19(24)10-9-18(22)12-14-32(27)26-21-7-2-3-8-23(21)33(25,28)29/h2-10,15-16,26H,11-14H2,1H3,(H2,25,28,29). The number of nitrogens with two attached hydrogens (primary N) is 1. The van der Waals surface area contributed by atoms with E-state index in [-0.39, 0.29) is 16.3 Å². The van der Waals surface area contributed by atoms with Crippen LogP contribution in [0, 0.1) is 0 Å². The zero-order chi connectivity index (χ0) is 23.8. The Kier molecular flexibility index (Phi) is 8.74. The Bertz CT molecular complexity index is 1240. The minimum atomic E-state index is -3.93. The number of para-hydroxylation sites is 1. The molecule has 0 aromatic heterocycles. The van der Waals surface area contributed by atoms with Crippen LogP contribution in [0.4, 0.5) is 5.69 Å². The fourth-order valence-corrected chi connectivity index (χ4v) is 5.00. The van der Waals surface area contributed by atoms with Gasteiger partial charge in [0.25, 0.3) is 0 Å². The molecule has 3 aromatic carbocycles. The molecule has 0 saturated heterocycles. The van der Waals surface area contributed by atoms with Gasteiger partial charge >= 0.3 is 0 Å². The minimum absolute atomic E-state index is 0.105. The van der Waals surface area contributed by atoms with Gasteiger partial charge in [-0.15, -0.1) is 0 Å². The van der Waals surface area contributed by atoms with Crippen LogP contribution in [0.1, 0.15) is 11.1 Å². The second kappa shape index (κ2) is 11.5. The number of sulfonamides is 1. The Labute approximate surface area is 201 Å². The molecule has 0 radical (unpaired) electrons. The van der Waals surface area contributed by atoms with Gasteiger partial charge in [0, 0.05) is 17.2 Å². The molecule has 0 fully saturated rings. The molecule has 0 aliphatic rings. The summed E-state index contributed by atoms with van der Waals surface area (Å²) in [5.74, 6) is 1.63. The molecule has 0 amide bonds. The summed E-state index contributed by atoms with van der Waals surface area (Å²) in [6, 6.07) is 19.2. The van der Waals surface area contributed by atoms with E-state index in [4.69, 9.17) is 26.2 Å². The SMILES string of the molecule is COc1cccc(CCOc2cc(Cl)ccc2CCS(=O)Nc2ccccc2S(N)(=O)=O)c1. The summed E-state index contributed by atoms with van der Waals surface area (Å²) in [5, 5.41) is 5.77. The largest absolute Gasteiger partial charge is 0.497 e. The van der Waals surface area contributed by atoms with E-state index in [1.54, 1.807) is 31.4 Å². The molecule has 3 aromatic rings. The fraction of sp³-hybridized carbons (Fsp3) is 0.217. The van der Waals surface area contributed by atoms with Crippen LogP contribution in [0.5, 0.6) is 11.5 Å².